The lowest BCUT2D eigenvalue weighted by Crippen LogP contribution is -2.31. The quantitative estimate of drug-likeness (QED) is 0.820. The van der Waals surface area contributed by atoms with Crippen LogP contribution in [0.25, 0.3) is 0 Å². The number of nitrogens with zero attached hydrogens (tertiary/aromatic N) is 1. The number of carbonyl (C=O) groups is 1. The molecule has 1 aliphatic heterocycles. The van der Waals surface area contributed by atoms with E-state index in [0.717, 1.165) is 11.1 Å². The van der Waals surface area contributed by atoms with E-state index in [1.54, 1.807) is 13.0 Å². The fraction of sp³-hybridized carbons (Fsp3) is 0.278. The molecular weight excluding hydrogens is 404 g/mol. The molecule has 2 aromatic carbocycles. The number of nitrogens with one attached hydrogen (secondary N) is 1. The first kappa shape index (κ1) is 18.1. The zero-order valence-electron chi connectivity index (χ0n) is 14.0. The van der Waals surface area contributed by atoms with Crippen LogP contribution in [0.15, 0.2) is 51.8 Å². The first-order valence-corrected chi connectivity index (χ1v) is 10.2. The van der Waals surface area contributed by atoms with Gasteiger partial charge in [0.1, 0.15) is 4.90 Å². The molecule has 1 N–H and O–H groups in total. The molecule has 5 nitrogen and oxygen atoms in total. The average Bonchev–Trinajstić information content (AvgIpc) is 2.98. The van der Waals surface area contributed by atoms with Crippen LogP contribution in [-0.4, -0.2) is 20.9 Å². The Balaban J connectivity index is 2.02. The van der Waals surface area contributed by atoms with Gasteiger partial charge in [0.2, 0.25) is 15.9 Å². The van der Waals surface area contributed by atoms with Gasteiger partial charge in [-0.1, -0.05) is 46.3 Å². The van der Waals surface area contributed by atoms with E-state index in [9.17, 15) is 13.2 Å². The summed E-state index contributed by atoms with van der Waals surface area (Å²) in [6.07, 6.45) is 0.644. The summed E-state index contributed by atoms with van der Waals surface area (Å²) in [5.74, 6) is -0.159. The van der Waals surface area contributed by atoms with E-state index < -0.39 is 10.0 Å². The van der Waals surface area contributed by atoms with Gasteiger partial charge in [-0.25, -0.2) is 13.1 Å². The average molecular weight is 423 g/mol. The highest BCUT2D eigenvalue weighted by Gasteiger charge is 2.32. The molecular formula is C18H19BrN2O3S. The summed E-state index contributed by atoms with van der Waals surface area (Å²) < 4.78 is 29.5. The minimum atomic E-state index is -3.80. The third-order valence-electron chi connectivity index (χ3n) is 4.29. The highest BCUT2D eigenvalue weighted by Crippen LogP contribution is 2.37. The van der Waals surface area contributed by atoms with Crippen LogP contribution in [0.5, 0.6) is 0 Å². The third kappa shape index (κ3) is 3.63. The molecule has 1 aliphatic rings. The predicted octanol–water partition coefficient (Wildman–Crippen LogP) is 3.40. The standard InChI is InChI=1S/C18H19BrN2O3S/c1-12(14-6-4-3-5-7-14)20-25(23,24)17-11-16(19)10-15-8-9-21(13(2)22)18(15)17/h3-7,10-12,20H,8-9H2,1-2H3. The summed E-state index contributed by atoms with van der Waals surface area (Å²) in [4.78, 5) is 13.6. The highest BCUT2D eigenvalue weighted by molar-refractivity contribution is 9.10. The highest BCUT2D eigenvalue weighted by atomic mass is 79.9. The molecule has 0 radical (unpaired) electrons. The lowest BCUT2D eigenvalue weighted by molar-refractivity contribution is -0.116. The molecule has 0 fully saturated rings. The Kier molecular flexibility index (Phi) is 4.99. The number of sulfonamides is 1. The molecule has 0 bridgehead atoms. The van der Waals surface area contributed by atoms with Gasteiger partial charge in [-0.2, -0.15) is 0 Å². The minimum absolute atomic E-state index is 0.132. The second kappa shape index (κ2) is 6.90. The third-order valence-corrected chi connectivity index (χ3v) is 6.31. The van der Waals surface area contributed by atoms with E-state index >= 15 is 0 Å². The summed E-state index contributed by atoms with van der Waals surface area (Å²) in [7, 11) is -3.80. The molecule has 2 aromatic rings. The van der Waals surface area contributed by atoms with Gasteiger partial charge in [0.15, 0.2) is 0 Å². The zero-order chi connectivity index (χ0) is 18.2. The molecule has 1 atom stereocenters. The normalized spacial score (nSPS) is 15.1. The molecule has 1 heterocycles. The van der Waals surface area contributed by atoms with E-state index in [0.29, 0.717) is 23.1 Å². The van der Waals surface area contributed by atoms with Crippen molar-refractivity contribution in [2.24, 2.45) is 0 Å². The molecule has 0 saturated heterocycles. The van der Waals surface area contributed by atoms with Crippen molar-refractivity contribution in [2.45, 2.75) is 31.2 Å². The van der Waals surface area contributed by atoms with Crippen LogP contribution < -0.4 is 9.62 Å². The summed E-state index contributed by atoms with van der Waals surface area (Å²) in [5, 5.41) is 0. The molecule has 1 amide bonds. The van der Waals surface area contributed by atoms with Gasteiger partial charge in [-0.3, -0.25) is 4.79 Å². The smallest absolute Gasteiger partial charge is 0.243 e. The van der Waals surface area contributed by atoms with Gasteiger partial charge in [0.05, 0.1) is 5.69 Å². The van der Waals surface area contributed by atoms with E-state index in [-0.39, 0.29) is 16.8 Å². The van der Waals surface area contributed by atoms with Crippen molar-refractivity contribution in [1.29, 1.82) is 0 Å². The van der Waals surface area contributed by atoms with Crippen molar-refractivity contribution in [3.8, 4) is 0 Å². The van der Waals surface area contributed by atoms with Crippen molar-refractivity contribution >= 4 is 37.5 Å². The number of hydrogen-bond acceptors (Lipinski definition) is 3. The Morgan fingerprint density at radius 3 is 2.56 bits per heavy atom. The predicted molar refractivity (Wildman–Crippen MR) is 101 cm³/mol. The van der Waals surface area contributed by atoms with E-state index in [1.807, 2.05) is 36.4 Å². The zero-order valence-corrected chi connectivity index (χ0v) is 16.4. The number of benzene rings is 2. The summed E-state index contributed by atoms with van der Waals surface area (Å²) in [6, 6.07) is 12.4. The molecule has 1 unspecified atom stereocenters. The molecule has 0 saturated carbocycles. The van der Waals surface area contributed by atoms with Crippen molar-refractivity contribution in [1.82, 2.24) is 4.72 Å². The van der Waals surface area contributed by atoms with E-state index in [1.165, 1.54) is 11.8 Å². The topological polar surface area (TPSA) is 66.5 Å². The van der Waals surface area contributed by atoms with Gasteiger partial charge >= 0.3 is 0 Å². The van der Waals surface area contributed by atoms with Crippen LogP contribution in [0.2, 0.25) is 0 Å². The Hall–Kier alpha value is -1.70. The van der Waals surface area contributed by atoms with Crippen molar-refractivity contribution in [3.63, 3.8) is 0 Å². The molecule has 0 spiro atoms. The van der Waals surface area contributed by atoms with Crippen LogP contribution in [0.1, 0.15) is 31.0 Å². The summed E-state index contributed by atoms with van der Waals surface area (Å²) in [5.41, 5.74) is 2.22. The van der Waals surface area contributed by atoms with Crippen LogP contribution in [0.4, 0.5) is 5.69 Å². The van der Waals surface area contributed by atoms with Gasteiger partial charge in [-0.15, -0.1) is 0 Å². The van der Waals surface area contributed by atoms with Gasteiger partial charge in [-0.05, 0) is 36.6 Å². The van der Waals surface area contributed by atoms with Crippen LogP contribution in [-0.2, 0) is 21.2 Å². The summed E-state index contributed by atoms with van der Waals surface area (Å²) >= 11 is 3.38. The lowest BCUT2D eigenvalue weighted by Gasteiger charge is -2.21. The van der Waals surface area contributed by atoms with Gasteiger partial charge < -0.3 is 4.90 Å². The number of carbonyl (C=O) groups excluding carboxylic acids is 1. The second-order valence-electron chi connectivity index (χ2n) is 6.09. The fourth-order valence-electron chi connectivity index (χ4n) is 3.10. The Bertz CT molecular complexity index is 913. The number of fused-ring (bicyclic) bond motifs is 1. The van der Waals surface area contributed by atoms with Gasteiger partial charge in [0.25, 0.3) is 0 Å². The van der Waals surface area contributed by atoms with Crippen LogP contribution in [0, 0.1) is 0 Å². The lowest BCUT2D eigenvalue weighted by atomic mass is 10.1. The first-order chi connectivity index (χ1) is 11.8. The maximum Gasteiger partial charge on any atom is 0.243 e. The van der Waals surface area contributed by atoms with Gasteiger partial charge in [0, 0.05) is 24.0 Å². The monoisotopic (exact) mass is 422 g/mol. The molecule has 7 heteroatoms. The largest absolute Gasteiger partial charge is 0.311 e. The molecule has 3 rings (SSSR count). The number of anilines is 1. The molecule has 0 aliphatic carbocycles. The number of amides is 1. The number of rotatable bonds is 4. The fourth-order valence-corrected chi connectivity index (χ4v) is 5.26. The first-order valence-electron chi connectivity index (χ1n) is 7.97. The summed E-state index contributed by atoms with van der Waals surface area (Å²) in [6.45, 7) is 3.75. The minimum Gasteiger partial charge on any atom is -0.311 e. The van der Waals surface area contributed by atoms with Crippen molar-refractivity contribution in [3.05, 3.63) is 58.1 Å². The Morgan fingerprint density at radius 2 is 1.92 bits per heavy atom. The van der Waals surface area contributed by atoms with Crippen LogP contribution >= 0.6 is 15.9 Å². The maximum atomic E-state index is 13.0. The van der Waals surface area contributed by atoms with Crippen molar-refractivity contribution in [2.75, 3.05) is 11.4 Å². The number of hydrogen-bond donors (Lipinski definition) is 1. The molecule has 25 heavy (non-hydrogen) atoms. The molecule has 132 valence electrons. The maximum absolute atomic E-state index is 13.0. The van der Waals surface area contributed by atoms with E-state index in [2.05, 4.69) is 20.7 Å². The van der Waals surface area contributed by atoms with E-state index in [4.69, 9.17) is 0 Å². The Morgan fingerprint density at radius 1 is 1.24 bits per heavy atom. The SMILES string of the molecule is CC(=O)N1CCc2cc(Br)cc(S(=O)(=O)NC(C)c3ccccc3)c21. The van der Waals surface area contributed by atoms with Crippen molar-refractivity contribution < 1.29 is 13.2 Å². The Labute approximate surface area is 156 Å². The molecule has 0 aromatic heterocycles. The second-order valence-corrected chi connectivity index (χ2v) is 8.68. The van der Waals surface area contributed by atoms with Crippen LogP contribution in [0.3, 0.4) is 0 Å². The number of halogens is 1.